The van der Waals surface area contributed by atoms with E-state index in [1.165, 1.54) is 14.0 Å². The SMILES string of the molecule is COc1cc(C(CCN(Cc2ccc(OC)c(OC)c2)C(C)=O)NCCC(=O)O)ccc1NC(=O)Nc1ccccc1C. The summed E-state index contributed by atoms with van der Waals surface area (Å²) in [6, 6.07) is 17.7. The van der Waals surface area contributed by atoms with Gasteiger partial charge in [0.25, 0.3) is 0 Å². The van der Waals surface area contributed by atoms with Gasteiger partial charge in [-0.05, 0) is 60.4 Å². The number of amides is 3. The fourth-order valence-corrected chi connectivity index (χ4v) is 4.59. The Kier molecular flexibility index (Phi) is 12.2. The molecule has 0 saturated carbocycles. The van der Waals surface area contributed by atoms with Crippen molar-refractivity contribution in [1.29, 1.82) is 0 Å². The highest BCUT2D eigenvalue weighted by Gasteiger charge is 2.19. The summed E-state index contributed by atoms with van der Waals surface area (Å²) in [5, 5.41) is 18.1. The van der Waals surface area contributed by atoms with Gasteiger partial charge in [-0.1, -0.05) is 30.3 Å². The summed E-state index contributed by atoms with van der Waals surface area (Å²) in [7, 11) is 4.63. The van der Waals surface area contributed by atoms with E-state index in [4.69, 9.17) is 14.2 Å². The fourth-order valence-electron chi connectivity index (χ4n) is 4.59. The number of para-hydroxylation sites is 1. The zero-order valence-corrected chi connectivity index (χ0v) is 25.2. The van der Waals surface area contributed by atoms with Gasteiger partial charge in [-0.25, -0.2) is 4.79 Å². The quantitative estimate of drug-likeness (QED) is 0.189. The van der Waals surface area contributed by atoms with Crippen molar-refractivity contribution < 1.29 is 33.7 Å². The molecule has 43 heavy (non-hydrogen) atoms. The van der Waals surface area contributed by atoms with Crippen LogP contribution in [0.4, 0.5) is 16.2 Å². The van der Waals surface area contributed by atoms with E-state index in [0.717, 1.165) is 16.7 Å². The van der Waals surface area contributed by atoms with Crippen molar-refractivity contribution >= 4 is 29.3 Å². The first-order valence-corrected chi connectivity index (χ1v) is 13.9. The summed E-state index contributed by atoms with van der Waals surface area (Å²) in [6.45, 7) is 4.41. The Hall–Kier alpha value is -4.77. The van der Waals surface area contributed by atoms with E-state index in [0.29, 0.717) is 48.1 Å². The minimum absolute atomic E-state index is 0.0611. The molecule has 0 radical (unpaired) electrons. The summed E-state index contributed by atoms with van der Waals surface area (Å²) in [5.74, 6) is 0.599. The molecule has 230 valence electrons. The molecular formula is C32H40N4O7. The van der Waals surface area contributed by atoms with Crippen molar-refractivity contribution in [2.45, 2.75) is 39.3 Å². The van der Waals surface area contributed by atoms with Gasteiger partial charge < -0.3 is 40.2 Å². The molecule has 0 aliphatic rings. The first kappa shape index (κ1) is 32.7. The number of urea groups is 1. The summed E-state index contributed by atoms with van der Waals surface area (Å²) in [4.78, 5) is 38.2. The van der Waals surface area contributed by atoms with Crippen LogP contribution in [-0.2, 0) is 16.1 Å². The number of benzene rings is 3. The van der Waals surface area contributed by atoms with Crippen LogP contribution in [0, 0.1) is 6.92 Å². The van der Waals surface area contributed by atoms with Crippen LogP contribution in [0.1, 0.15) is 42.5 Å². The number of carbonyl (C=O) groups excluding carboxylic acids is 2. The lowest BCUT2D eigenvalue weighted by Crippen LogP contribution is -2.33. The molecule has 1 atom stereocenters. The van der Waals surface area contributed by atoms with Gasteiger partial charge >= 0.3 is 12.0 Å². The van der Waals surface area contributed by atoms with Crippen molar-refractivity contribution in [3.63, 3.8) is 0 Å². The van der Waals surface area contributed by atoms with Gasteiger partial charge in [-0.3, -0.25) is 9.59 Å². The second-order valence-electron chi connectivity index (χ2n) is 9.92. The largest absolute Gasteiger partial charge is 0.495 e. The molecular weight excluding hydrogens is 552 g/mol. The fraction of sp³-hybridized carbons (Fsp3) is 0.344. The number of anilines is 2. The van der Waals surface area contributed by atoms with Crippen molar-refractivity contribution in [3.05, 3.63) is 77.4 Å². The third-order valence-corrected chi connectivity index (χ3v) is 6.95. The zero-order valence-electron chi connectivity index (χ0n) is 25.2. The molecule has 3 aromatic carbocycles. The highest BCUT2D eigenvalue weighted by atomic mass is 16.5. The number of ether oxygens (including phenoxy) is 3. The average molecular weight is 593 g/mol. The average Bonchev–Trinajstić information content (AvgIpc) is 2.99. The molecule has 0 aromatic heterocycles. The van der Waals surface area contributed by atoms with Crippen LogP contribution < -0.4 is 30.2 Å². The van der Waals surface area contributed by atoms with Crippen LogP contribution in [0.2, 0.25) is 0 Å². The molecule has 3 amide bonds. The van der Waals surface area contributed by atoms with Gasteiger partial charge in [-0.2, -0.15) is 0 Å². The number of aryl methyl sites for hydroxylation is 1. The number of rotatable bonds is 15. The minimum atomic E-state index is -0.915. The van der Waals surface area contributed by atoms with E-state index in [9.17, 15) is 19.5 Å². The molecule has 0 aliphatic heterocycles. The molecule has 11 heteroatoms. The Labute approximate surface area is 252 Å². The van der Waals surface area contributed by atoms with Gasteiger partial charge in [0.15, 0.2) is 11.5 Å². The van der Waals surface area contributed by atoms with Crippen molar-refractivity contribution in [2.75, 3.05) is 45.1 Å². The van der Waals surface area contributed by atoms with Crippen LogP contribution in [-0.4, -0.2) is 62.3 Å². The van der Waals surface area contributed by atoms with Gasteiger partial charge in [-0.15, -0.1) is 0 Å². The predicted molar refractivity (Wildman–Crippen MR) is 165 cm³/mol. The highest BCUT2D eigenvalue weighted by molar-refractivity contribution is 6.01. The number of nitrogens with zero attached hydrogens (tertiary/aromatic N) is 1. The van der Waals surface area contributed by atoms with Crippen LogP contribution in [0.3, 0.4) is 0 Å². The van der Waals surface area contributed by atoms with E-state index < -0.39 is 12.0 Å². The molecule has 0 bridgehead atoms. The van der Waals surface area contributed by atoms with Gasteiger partial charge in [0.05, 0.1) is 33.4 Å². The number of hydrogen-bond acceptors (Lipinski definition) is 7. The van der Waals surface area contributed by atoms with Crippen LogP contribution in [0.15, 0.2) is 60.7 Å². The molecule has 3 aromatic rings. The molecule has 3 rings (SSSR count). The minimum Gasteiger partial charge on any atom is -0.495 e. The number of carboxylic acids is 1. The second kappa shape index (κ2) is 16.0. The van der Waals surface area contributed by atoms with E-state index in [1.807, 2.05) is 49.4 Å². The zero-order chi connectivity index (χ0) is 31.4. The Bertz CT molecular complexity index is 1410. The van der Waals surface area contributed by atoms with Gasteiger partial charge in [0, 0.05) is 38.3 Å². The van der Waals surface area contributed by atoms with Crippen molar-refractivity contribution in [2.24, 2.45) is 0 Å². The Morgan fingerprint density at radius 2 is 1.56 bits per heavy atom. The third-order valence-electron chi connectivity index (χ3n) is 6.95. The van der Waals surface area contributed by atoms with E-state index in [2.05, 4.69) is 16.0 Å². The lowest BCUT2D eigenvalue weighted by Gasteiger charge is -2.26. The number of aliphatic carboxylic acids is 1. The maximum atomic E-state index is 12.7. The number of hydrogen-bond donors (Lipinski definition) is 4. The second-order valence-corrected chi connectivity index (χ2v) is 9.92. The first-order valence-electron chi connectivity index (χ1n) is 13.9. The Balaban J connectivity index is 1.77. The predicted octanol–water partition coefficient (Wildman–Crippen LogP) is 5.21. The smallest absolute Gasteiger partial charge is 0.323 e. The third kappa shape index (κ3) is 9.64. The number of carboxylic acid groups (broad SMARTS) is 1. The molecule has 0 saturated heterocycles. The summed E-state index contributed by atoms with van der Waals surface area (Å²) in [5.41, 5.74) is 3.80. The maximum absolute atomic E-state index is 12.7. The Morgan fingerprint density at radius 1 is 0.860 bits per heavy atom. The van der Waals surface area contributed by atoms with Crippen molar-refractivity contribution in [1.82, 2.24) is 10.2 Å². The topological polar surface area (TPSA) is 138 Å². The number of methoxy groups -OCH3 is 3. The van der Waals surface area contributed by atoms with Crippen LogP contribution >= 0.6 is 0 Å². The molecule has 11 nitrogen and oxygen atoms in total. The van der Waals surface area contributed by atoms with Gasteiger partial charge in [0.1, 0.15) is 5.75 Å². The number of carbonyl (C=O) groups is 3. The molecule has 1 unspecified atom stereocenters. The summed E-state index contributed by atoms with van der Waals surface area (Å²) in [6.07, 6.45) is 0.435. The van der Waals surface area contributed by atoms with Crippen LogP contribution in [0.25, 0.3) is 0 Å². The van der Waals surface area contributed by atoms with Gasteiger partial charge in [0.2, 0.25) is 5.91 Å². The van der Waals surface area contributed by atoms with E-state index >= 15 is 0 Å². The van der Waals surface area contributed by atoms with Crippen molar-refractivity contribution in [3.8, 4) is 17.2 Å². The van der Waals surface area contributed by atoms with E-state index in [-0.39, 0.29) is 24.9 Å². The molecule has 0 heterocycles. The molecule has 0 spiro atoms. The normalized spacial score (nSPS) is 11.3. The standard InChI is InChI=1S/C32H40N4O7/c1-21-8-6-7-9-25(21)34-32(40)35-27-12-11-24(19-29(27)42-4)26(33-16-14-31(38)39)15-17-36(22(2)37)20-23-10-13-28(41-3)30(18-23)43-5/h6-13,18-19,26,33H,14-17,20H2,1-5H3,(H,38,39)(H2,34,35,40). The highest BCUT2D eigenvalue weighted by Crippen LogP contribution is 2.31. The summed E-state index contributed by atoms with van der Waals surface area (Å²) < 4.78 is 16.3. The first-order chi connectivity index (χ1) is 20.6. The molecule has 0 aliphatic carbocycles. The van der Waals surface area contributed by atoms with Crippen LogP contribution in [0.5, 0.6) is 17.2 Å². The molecule has 4 N–H and O–H groups in total. The monoisotopic (exact) mass is 592 g/mol. The lowest BCUT2D eigenvalue weighted by atomic mass is 10.0. The van der Waals surface area contributed by atoms with E-state index in [1.54, 1.807) is 37.3 Å². The number of nitrogens with one attached hydrogen (secondary N) is 3. The maximum Gasteiger partial charge on any atom is 0.323 e. The lowest BCUT2D eigenvalue weighted by molar-refractivity contribution is -0.137. The summed E-state index contributed by atoms with van der Waals surface area (Å²) >= 11 is 0. The molecule has 0 fully saturated rings. The Morgan fingerprint density at radius 3 is 2.21 bits per heavy atom.